The predicted molar refractivity (Wildman–Crippen MR) is 88.1 cm³/mol. The van der Waals surface area contributed by atoms with Gasteiger partial charge in [-0.2, -0.15) is 31.5 Å². The molecule has 0 radical (unpaired) electrons. The summed E-state index contributed by atoms with van der Waals surface area (Å²) in [6.45, 7) is 1.78. The first-order valence-corrected chi connectivity index (χ1v) is 8.76. The van der Waals surface area contributed by atoms with Crippen LogP contribution in [0.5, 0.6) is 0 Å². The van der Waals surface area contributed by atoms with Crippen LogP contribution in [-0.2, 0) is 21.0 Å². The molecule has 0 fully saturated rings. The quantitative estimate of drug-likeness (QED) is 0.799. The van der Waals surface area contributed by atoms with E-state index in [9.17, 15) is 26.4 Å². The number of nitrogens with zero attached hydrogens (tertiary/aromatic N) is 1. The first kappa shape index (κ1) is 17.9. The summed E-state index contributed by atoms with van der Waals surface area (Å²) < 4.78 is 63.5. The molecule has 1 aliphatic rings. The maximum Gasteiger partial charge on any atom is 0.418 e. The molecule has 0 saturated carbocycles. The van der Waals surface area contributed by atoms with Crippen LogP contribution in [0.1, 0.15) is 16.7 Å². The molecule has 6 nitrogen and oxygen atoms in total. The number of nitrogens with one attached hydrogen (secondary N) is 2. The number of benzene rings is 2. The summed E-state index contributed by atoms with van der Waals surface area (Å²) in [7, 11) is -4.07. The third-order valence-electron chi connectivity index (χ3n) is 3.69. The lowest BCUT2D eigenvalue weighted by molar-refractivity contribution is -0.136. The van der Waals surface area contributed by atoms with Crippen molar-refractivity contribution in [3.63, 3.8) is 0 Å². The van der Waals surface area contributed by atoms with Gasteiger partial charge in [0.1, 0.15) is 0 Å². The molecular weight excluding hydrogens is 371 g/mol. The van der Waals surface area contributed by atoms with Gasteiger partial charge in [0.2, 0.25) is 0 Å². The zero-order valence-electron chi connectivity index (χ0n) is 13.3. The van der Waals surface area contributed by atoms with Gasteiger partial charge in [-0.25, -0.2) is 0 Å². The van der Waals surface area contributed by atoms with Gasteiger partial charge < -0.3 is 5.32 Å². The highest BCUT2D eigenvalue weighted by Crippen LogP contribution is 2.38. The molecule has 0 unspecified atom stereocenters. The van der Waals surface area contributed by atoms with Gasteiger partial charge in [0.05, 0.1) is 16.1 Å². The van der Waals surface area contributed by atoms with Crippen molar-refractivity contribution in [2.24, 2.45) is 5.10 Å². The number of hydrogen-bond acceptors (Lipinski definition) is 4. The predicted octanol–water partition coefficient (Wildman–Crippen LogP) is 2.65. The first-order chi connectivity index (χ1) is 12.1. The summed E-state index contributed by atoms with van der Waals surface area (Å²) in [6, 6.07) is 9.04. The van der Waals surface area contributed by atoms with E-state index in [0.717, 1.165) is 17.7 Å². The number of para-hydroxylation sites is 1. The number of anilines is 1. The van der Waals surface area contributed by atoms with Crippen molar-refractivity contribution in [1.82, 2.24) is 4.83 Å². The molecule has 136 valence electrons. The van der Waals surface area contributed by atoms with E-state index in [4.69, 9.17) is 0 Å². The van der Waals surface area contributed by atoms with Crippen LogP contribution in [0.3, 0.4) is 0 Å². The summed E-state index contributed by atoms with van der Waals surface area (Å²) in [5.41, 5.74) is -1.20. The Morgan fingerprint density at radius 3 is 2.35 bits per heavy atom. The molecule has 3 rings (SSSR count). The van der Waals surface area contributed by atoms with Gasteiger partial charge in [-0.3, -0.25) is 4.79 Å². The number of carbonyl (C=O) groups excluding carboxylic acids is 1. The van der Waals surface area contributed by atoms with E-state index in [-0.39, 0.29) is 10.5 Å². The van der Waals surface area contributed by atoms with Crippen molar-refractivity contribution < 1.29 is 26.4 Å². The molecule has 0 saturated heterocycles. The monoisotopic (exact) mass is 383 g/mol. The Labute approximate surface area is 146 Å². The van der Waals surface area contributed by atoms with Crippen LogP contribution < -0.4 is 10.1 Å². The summed E-state index contributed by atoms with van der Waals surface area (Å²) in [5, 5.41) is 5.62. The minimum atomic E-state index is -4.67. The maximum atomic E-state index is 13.0. The Morgan fingerprint density at radius 2 is 1.73 bits per heavy atom. The number of aryl methyl sites for hydroxylation is 1. The van der Waals surface area contributed by atoms with Crippen molar-refractivity contribution in [1.29, 1.82) is 0 Å². The van der Waals surface area contributed by atoms with E-state index >= 15 is 0 Å². The fraction of sp³-hybridized carbons (Fsp3) is 0.125. The Bertz CT molecular complexity index is 1010. The SMILES string of the molecule is Cc1ccc(S(=O)(=O)NN=C2C(=O)Nc3c2cccc3C(F)(F)F)cc1. The van der Waals surface area contributed by atoms with Crippen LogP contribution in [0.15, 0.2) is 52.5 Å². The van der Waals surface area contributed by atoms with E-state index in [0.29, 0.717) is 0 Å². The van der Waals surface area contributed by atoms with Gasteiger partial charge in [0.15, 0.2) is 5.71 Å². The van der Waals surface area contributed by atoms with Gasteiger partial charge in [0, 0.05) is 5.56 Å². The second-order valence-electron chi connectivity index (χ2n) is 5.55. The van der Waals surface area contributed by atoms with E-state index in [1.165, 1.54) is 18.2 Å². The molecular formula is C16H12F3N3O3S. The maximum absolute atomic E-state index is 13.0. The number of fused-ring (bicyclic) bond motifs is 1. The molecule has 0 spiro atoms. The second kappa shape index (κ2) is 6.13. The van der Waals surface area contributed by atoms with Crippen molar-refractivity contribution >= 4 is 27.3 Å². The first-order valence-electron chi connectivity index (χ1n) is 7.28. The van der Waals surface area contributed by atoms with E-state index < -0.39 is 39.1 Å². The van der Waals surface area contributed by atoms with Crippen LogP contribution in [0, 0.1) is 6.92 Å². The number of alkyl halides is 3. The molecule has 2 aromatic carbocycles. The fourth-order valence-electron chi connectivity index (χ4n) is 2.40. The number of rotatable bonds is 3. The van der Waals surface area contributed by atoms with Crippen LogP contribution in [0.25, 0.3) is 0 Å². The normalized spacial score (nSPS) is 15.7. The van der Waals surface area contributed by atoms with Gasteiger partial charge in [-0.05, 0) is 25.1 Å². The second-order valence-corrected chi connectivity index (χ2v) is 7.21. The molecule has 0 bridgehead atoms. The minimum absolute atomic E-state index is 0.0879. The summed E-state index contributed by atoms with van der Waals surface area (Å²) in [5.74, 6) is -0.927. The number of hydrogen-bond donors (Lipinski definition) is 2. The Morgan fingerprint density at radius 1 is 1.08 bits per heavy atom. The van der Waals surface area contributed by atoms with E-state index in [1.54, 1.807) is 19.1 Å². The van der Waals surface area contributed by atoms with Gasteiger partial charge in [-0.1, -0.05) is 29.8 Å². The molecule has 1 amide bonds. The smallest absolute Gasteiger partial charge is 0.319 e. The zero-order chi connectivity index (χ0) is 19.1. The van der Waals surface area contributed by atoms with E-state index in [1.807, 2.05) is 4.83 Å². The van der Waals surface area contributed by atoms with Crippen LogP contribution in [-0.4, -0.2) is 20.0 Å². The van der Waals surface area contributed by atoms with Crippen molar-refractivity contribution in [2.45, 2.75) is 18.0 Å². The lowest BCUT2D eigenvalue weighted by Gasteiger charge is -2.10. The van der Waals surface area contributed by atoms with Crippen LogP contribution >= 0.6 is 0 Å². The Hall–Kier alpha value is -2.88. The molecule has 2 N–H and O–H groups in total. The highest BCUT2D eigenvalue weighted by atomic mass is 32.2. The van der Waals surface area contributed by atoms with Gasteiger partial charge in [-0.15, -0.1) is 0 Å². The van der Waals surface area contributed by atoms with Crippen molar-refractivity contribution in [3.05, 3.63) is 59.2 Å². The van der Waals surface area contributed by atoms with Crippen molar-refractivity contribution in [3.8, 4) is 0 Å². The topological polar surface area (TPSA) is 87.6 Å². The fourth-order valence-corrected chi connectivity index (χ4v) is 3.21. The van der Waals surface area contributed by atoms with Gasteiger partial charge in [0.25, 0.3) is 15.9 Å². The third kappa shape index (κ3) is 3.27. The number of halogens is 3. The number of sulfonamides is 1. The largest absolute Gasteiger partial charge is 0.418 e. The summed E-state index contributed by atoms with van der Waals surface area (Å²) in [6.07, 6.45) is -4.67. The minimum Gasteiger partial charge on any atom is -0.319 e. The van der Waals surface area contributed by atoms with E-state index in [2.05, 4.69) is 10.4 Å². The van der Waals surface area contributed by atoms with Gasteiger partial charge >= 0.3 is 6.18 Å². The van der Waals surface area contributed by atoms with Crippen molar-refractivity contribution in [2.75, 3.05) is 5.32 Å². The third-order valence-corrected chi connectivity index (χ3v) is 4.91. The van der Waals surface area contributed by atoms with Crippen LogP contribution in [0.4, 0.5) is 18.9 Å². The molecule has 0 aliphatic carbocycles. The lowest BCUT2D eigenvalue weighted by atomic mass is 10.1. The molecule has 1 heterocycles. The Kier molecular flexibility index (Phi) is 4.23. The summed E-state index contributed by atoms with van der Waals surface area (Å²) in [4.78, 5) is 13.8. The van der Waals surface area contributed by atoms with Crippen LogP contribution in [0.2, 0.25) is 0 Å². The zero-order valence-corrected chi connectivity index (χ0v) is 14.1. The number of amides is 1. The standard InChI is InChI=1S/C16H12F3N3O3S/c1-9-5-7-10(8-6-9)26(24,25)22-21-14-11-3-2-4-12(16(17,18)19)13(11)20-15(14)23/h2-8,22H,1H3,(H,20,21,23). The highest BCUT2D eigenvalue weighted by Gasteiger charge is 2.39. The molecule has 2 aromatic rings. The average molecular weight is 383 g/mol. The Balaban J connectivity index is 1.97. The number of hydrazone groups is 1. The molecule has 0 atom stereocenters. The molecule has 1 aliphatic heterocycles. The molecule has 0 aromatic heterocycles. The summed E-state index contributed by atoms with van der Waals surface area (Å²) >= 11 is 0. The average Bonchev–Trinajstić information content (AvgIpc) is 2.87. The highest BCUT2D eigenvalue weighted by molar-refractivity contribution is 7.89. The molecule has 26 heavy (non-hydrogen) atoms. The number of carbonyl (C=O) groups is 1. The molecule has 10 heteroatoms. The lowest BCUT2D eigenvalue weighted by Crippen LogP contribution is -2.23.